The third kappa shape index (κ3) is 5.55. The number of hydrogen-bond acceptors (Lipinski definition) is 3. The fourth-order valence-corrected chi connectivity index (χ4v) is 2.63. The lowest BCUT2D eigenvalue weighted by atomic mass is 10.2. The van der Waals surface area contributed by atoms with Crippen molar-refractivity contribution in [3.8, 4) is 0 Å². The quantitative estimate of drug-likeness (QED) is 0.666. The summed E-state index contributed by atoms with van der Waals surface area (Å²) in [6.45, 7) is 4.92. The monoisotopic (exact) mass is 203 g/mol. The van der Waals surface area contributed by atoms with Crippen LogP contribution in [0.25, 0.3) is 0 Å². The molecule has 0 aromatic carbocycles. The summed E-state index contributed by atoms with van der Waals surface area (Å²) in [5.41, 5.74) is 0. The standard InChI is InChI=1S/C10H21NOS/c1-2-12-7-4-6-11-10-5-3-8-13-9-10/h10-11H,2-9H2,1H3/t10-/m0/s1. The van der Waals surface area contributed by atoms with Crippen molar-refractivity contribution in [2.45, 2.75) is 32.2 Å². The first kappa shape index (κ1) is 11.3. The van der Waals surface area contributed by atoms with Gasteiger partial charge in [-0.3, -0.25) is 0 Å². The Morgan fingerprint density at radius 1 is 1.54 bits per heavy atom. The van der Waals surface area contributed by atoms with Gasteiger partial charge in [0.05, 0.1) is 0 Å². The van der Waals surface area contributed by atoms with Crippen LogP contribution in [0.15, 0.2) is 0 Å². The van der Waals surface area contributed by atoms with Crippen molar-refractivity contribution in [2.24, 2.45) is 0 Å². The average molecular weight is 203 g/mol. The van der Waals surface area contributed by atoms with Gasteiger partial charge in [0.1, 0.15) is 0 Å². The summed E-state index contributed by atoms with van der Waals surface area (Å²) in [5.74, 6) is 2.66. The predicted molar refractivity (Wildman–Crippen MR) is 59.5 cm³/mol. The molecular weight excluding hydrogens is 182 g/mol. The van der Waals surface area contributed by atoms with Gasteiger partial charge in [0, 0.05) is 25.0 Å². The Balaban J connectivity index is 1.86. The Labute approximate surface area is 85.8 Å². The second-order valence-corrected chi connectivity index (χ2v) is 4.57. The van der Waals surface area contributed by atoms with Crippen LogP contribution in [0.3, 0.4) is 0 Å². The first-order valence-electron chi connectivity index (χ1n) is 5.32. The van der Waals surface area contributed by atoms with Crippen molar-refractivity contribution < 1.29 is 4.74 Å². The van der Waals surface area contributed by atoms with Gasteiger partial charge in [-0.25, -0.2) is 0 Å². The Hall–Kier alpha value is 0.270. The molecule has 0 bridgehead atoms. The lowest BCUT2D eigenvalue weighted by Gasteiger charge is -2.22. The molecule has 3 heteroatoms. The lowest BCUT2D eigenvalue weighted by Crippen LogP contribution is -2.34. The lowest BCUT2D eigenvalue weighted by molar-refractivity contribution is 0.144. The summed E-state index contributed by atoms with van der Waals surface area (Å²) in [6, 6.07) is 0.764. The van der Waals surface area contributed by atoms with Gasteiger partial charge in [-0.15, -0.1) is 0 Å². The molecule has 78 valence electrons. The maximum Gasteiger partial charge on any atom is 0.0477 e. The van der Waals surface area contributed by atoms with Crippen LogP contribution in [0, 0.1) is 0 Å². The van der Waals surface area contributed by atoms with Gasteiger partial charge in [0.15, 0.2) is 0 Å². The number of ether oxygens (including phenoxy) is 1. The van der Waals surface area contributed by atoms with Crippen molar-refractivity contribution in [1.82, 2.24) is 5.32 Å². The van der Waals surface area contributed by atoms with Gasteiger partial charge in [0.25, 0.3) is 0 Å². The van der Waals surface area contributed by atoms with Gasteiger partial charge in [-0.1, -0.05) is 0 Å². The van der Waals surface area contributed by atoms with Crippen molar-refractivity contribution in [3.05, 3.63) is 0 Å². The first-order valence-corrected chi connectivity index (χ1v) is 6.48. The van der Waals surface area contributed by atoms with Crippen LogP contribution in [0.2, 0.25) is 0 Å². The Bertz CT molecular complexity index is 115. The van der Waals surface area contributed by atoms with E-state index < -0.39 is 0 Å². The molecule has 2 nitrogen and oxygen atoms in total. The highest BCUT2D eigenvalue weighted by atomic mass is 32.2. The number of nitrogens with one attached hydrogen (secondary N) is 1. The van der Waals surface area contributed by atoms with Crippen LogP contribution in [0.4, 0.5) is 0 Å². The average Bonchev–Trinajstić information content (AvgIpc) is 2.19. The molecule has 1 fully saturated rings. The molecule has 1 aliphatic rings. The van der Waals surface area contributed by atoms with Crippen molar-refractivity contribution in [2.75, 3.05) is 31.3 Å². The van der Waals surface area contributed by atoms with Crippen LogP contribution >= 0.6 is 11.8 Å². The van der Waals surface area contributed by atoms with E-state index in [2.05, 4.69) is 17.1 Å². The summed E-state index contributed by atoms with van der Waals surface area (Å²) in [4.78, 5) is 0. The minimum atomic E-state index is 0.764. The smallest absolute Gasteiger partial charge is 0.0477 e. The number of hydrogen-bond donors (Lipinski definition) is 1. The zero-order chi connectivity index (χ0) is 9.36. The fourth-order valence-electron chi connectivity index (χ4n) is 1.53. The van der Waals surface area contributed by atoms with Gasteiger partial charge in [-0.2, -0.15) is 11.8 Å². The second-order valence-electron chi connectivity index (χ2n) is 3.42. The number of rotatable bonds is 6. The van der Waals surface area contributed by atoms with Crippen LogP contribution in [-0.2, 0) is 4.74 Å². The molecule has 1 saturated heterocycles. The molecule has 0 unspecified atom stereocenters. The molecule has 1 aliphatic heterocycles. The highest BCUT2D eigenvalue weighted by Crippen LogP contribution is 2.16. The highest BCUT2D eigenvalue weighted by Gasteiger charge is 2.11. The van der Waals surface area contributed by atoms with Gasteiger partial charge in [0.2, 0.25) is 0 Å². The van der Waals surface area contributed by atoms with E-state index in [-0.39, 0.29) is 0 Å². The fraction of sp³-hybridized carbons (Fsp3) is 1.00. The second kappa shape index (κ2) is 7.65. The minimum Gasteiger partial charge on any atom is -0.382 e. The molecule has 0 saturated carbocycles. The maximum atomic E-state index is 5.28. The normalized spacial score (nSPS) is 23.3. The van der Waals surface area contributed by atoms with Crippen molar-refractivity contribution in [1.29, 1.82) is 0 Å². The SMILES string of the molecule is CCOCCCN[C@H]1CCCSC1. The summed E-state index contributed by atoms with van der Waals surface area (Å²) in [7, 11) is 0. The maximum absolute atomic E-state index is 5.28. The molecule has 0 aliphatic carbocycles. The third-order valence-corrected chi connectivity index (χ3v) is 3.48. The zero-order valence-corrected chi connectivity index (χ0v) is 9.37. The first-order chi connectivity index (χ1) is 6.43. The van der Waals surface area contributed by atoms with Gasteiger partial charge < -0.3 is 10.1 Å². The molecule has 0 radical (unpaired) electrons. The summed E-state index contributed by atoms with van der Waals surface area (Å²) in [5, 5.41) is 3.58. The minimum absolute atomic E-state index is 0.764. The third-order valence-electron chi connectivity index (χ3n) is 2.26. The molecule has 0 aromatic heterocycles. The summed E-state index contributed by atoms with van der Waals surface area (Å²) < 4.78 is 5.28. The summed E-state index contributed by atoms with van der Waals surface area (Å²) >= 11 is 2.08. The van der Waals surface area contributed by atoms with E-state index in [1.165, 1.54) is 24.3 Å². The number of thioether (sulfide) groups is 1. The van der Waals surface area contributed by atoms with Crippen LogP contribution in [0.1, 0.15) is 26.2 Å². The van der Waals surface area contributed by atoms with Crippen LogP contribution < -0.4 is 5.32 Å². The van der Waals surface area contributed by atoms with Crippen LogP contribution in [0.5, 0.6) is 0 Å². The highest BCUT2D eigenvalue weighted by molar-refractivity contribution is 7.99. The predicted octanol–water partition coefficient (Wildman–Crippen LogP) is 1.90. The molecule has 1 heterocycles. The van der Waals surface area contributed by atoms with Crippen molar-refractivity contribution >= 4 is 11.8 Å². The van der Waals surface area contributed by atoms with E-state index in [0.29, 0.717) is 0 Å². The van der Waals surface area contributed by atoms with Gasteiger partial charge in [-0.05, 0) is 38.5 Å². The van der Waals surface area contributed by atoms with E-state index >= 15 is 0 Å². The molecular formula is C10H21NOS. The van der Waals surface area contributed by atoms with E-state index in [9.17, 15) is 0 Å². The Morgan fingerprint density at radius 2 is 2.46 bits per heavy atom. The molecule has 1 atom stereocenters. The topological polar surface area (TPSA) is 21.3 Å². The van der Waals surface area contributed by atoms with Gasteiger partial charge >= 0.3 is 0 Å². The van der Waals surface area contributed by atoms with E-state index in [1.807, 2.05) is 6.92 Å². The summed E-state index contributed by atoms with van der Waals surface area (Å²) in [6.07, 6.45) is 3.89. The van der Waals surface area contributed by atoms with E-state index in [1.54, 1.807) is 0 Å². The zero-order valence-electron chi connectivity index (χ0n) is 8.55. The van der Waals surface area contributed by atoms with E-state index in [0.717, 1.165) is 32.2 Å². The molecule has 1 rings (SSSR count). The Kier molecular flexibility index (Phi) is 6.68. The van der Waals surface area contributed by atoms with E-state index in [4.69, 9.17) is 4.74 Å². The Morgan fingerprint density at radius 3 is 3.15 bits per heavy atom. The molecule has 1 N–H and O–H groups in total. The molecule has 0 amide bonds. The molecule has 0 spiro atoms. The van der Waals surface area contributed by atoms with Crippen LogP contribution in [-0.4, -0.2) is 37.3 Å². The van der Waals surface area contributed by atoms with Crippen molar-refractivity contribution in [3.63, 3.8) is 0 Å². The molecule has 0 aromatic rings. The largest absolute Gasteiger partial charge is 0.382 e. The molecule has 13 heavy (non-hydrogen) atoms.